The topological polar surface area (TPSA) is 62.2 Å². The van der Waals surface area contributed by atoms with E-state index in [9.17, 15) is 4.79 Å². The van der Waals surface area contributed by atoms with Crippen LogP contribution in [0.5, 0.6) is 0 Å². The van der Waals surface area contributed by atoms with E-state index in [1.807, 2.05) is 6.92 Å². The Hall–Kier alpha value is -0.940. The highest BCUT2D eigenvalue weighted by atomic mass is 32.1. The van der Waals surface area contributed by atoms with Crippen LogP contribution >= 0.6 is 11.3 Å². The number of hydrogen-bond donors (Lipinski definition) is 2. The number of hydrogen-bond acceptors (Lipinski definition) is 4. The normalized spacial score (nSPS) is 12.5. The van der Waals surface area contributed by atoms with Gasteiger partial charge in [0.15, 0.2) is 0 Å². The molecule has 0 aliphatic rings. The fraction of sp³-hybridized carbons (Fsp3) is 0.556. The van der Waals surface area contributed by atoms with Gasteiger partial charge in [-0.2, -0.15) is 0 Å². The molecule has 1 heterocycles. The van der Waals surface area contributed by atoms with E-state index in [1.54, 1.807) is 12.4 Å². The Kier molecular flexibility index (Phi) is 4.03. The first-order valence-electron chi connectivity index (χ1n) is 4.53. The molecule has 5 heteroatoms. The quantitative estimate of drug-likeness (QED) is 0.780. The molecule has 1 rings (SSSR count). The summed E-state index contributed by atoms with van der Waals surface area (Å²) in [4.78, 5) is 16.3. The van der Waals surface area contributed by atoms with Gasteiger partial charge in [-0.15, -0.1) is 11.3 Å². The lowest BCUT2D eigenvalue weighted by atomic mass is 10.3. The first-order chi connectivity index (χ1) is 6.65. The fourth-order valence-corrected chi connectivity index (χ4v) is 1.82. The third-order valence-corrected chi connectivity index (χ3v) is 2.61. The molecule has 1 aromatic rings. The Bertz CT molecular complexity index is 310. The van der Waals surface area contributed by atoms with Gasteiger partial charge in [0.05, 0.1) is 17.3 Å². The van der Waals surface area contributed by atoms with Crippen LogP contribution in [0, 0.1) is 0 Å². The lowest BCUT2D eigenvalue weighted by molar-refractivity contribution is 0.0927. The number of carbonyl (C=O) groups is 1. The van der Waals surface area contributed by atoms with Crippen molar-refractivity contribution in [2.45, 2.75) is 26.4 Å². The Labute approximate surface area is 87.0 Å². The summed E-state index contributed by atoms with van der Waals surface area (Å²) in [5.41, 5.74) is 2.48. The number of nitrogens with zero attached hydrogens (tertiary/aromatic N) is 1. The van der Waals surface area contributed by atoms with Gasteiger partial charge in [-0.3, -0.25) is 4.79 Å². The molecule has 0 spiro atoms. The number of nitrogens with one attached hydrogen (secondary N) is 1. The second-order valence-corrected chi connectivity index (χ2v) is 3.90. The van der Waals surface area contributed by atoms with Gasteiger partial charge in [0.25, 0.3) is 5.91 Å². The Morgan fingerprint density at radius 3 is 3.07 bits per heavy atom. The summed E-state index contributed by atoms with van der Waals surface area (Å²) in [6.45, 7) is 3.87. The first-order valence-corrected chi connectivity index (χ1v) is 5.41. The summed E-state index contributed by atoms with van der Waals surface area (Å²) in [6, 6.07) is 0. The highest BCUT2D eigenvalue weighted by molar-refractivity contribution is 7.11. The van der Waals surface area contributed by atoms with Gasteiger partial charge >= 0.3 is 0 Å². The predicted molar refractivity (Wildman–Crippen MR) is 55.5 cm³/mol. The monoisotopic (exact) mass is 214 g/mol. The average molecular weight is 214 g/mol. The van der Waals surface area contributed by atoms with E-state index in [4.69, 9.17) is 5.11 Å². The smallest absolute Gasteiger partial charge is 0.263 e. The summed E-state index contributed by atoms with van der Waals surface area (Å²) < 4.78 is 0. The van der Waals surface area contributed by atoms with Crippen molar-refractivity contribution in [3.63, 3.8) is 0 Å². The zero-order valence-electron chi connectivity index (χ0n) is 8.28. The van der Waals surface area contributed by atoms with Crippen molar-refractivity contribution in [3.8, 4) is 0 Å². The zero-order chi connectivity index (χ0) is 10.6. The molecule has 1 atom stereocenters. The van der Waals surface area contributed by atoms with Crippen molar-refractivity contribution in [1.29, 1.82) is 0 Å². The van der Waals surface area contributed by atoms with Gasteiger partial charge in [-0.25, -0.2) is 4.98 Å². The molecule has 0 bridgehead atoms. The largest absolute Gasteiger partial charge is 0.392 e. The van der Waals surface area contributed by atoms with Gasteiger partial charge in [-0.1, -0.05) is 6.92 Å². The number of carbonyl (C=O) groups excluding carboxylic acids is 1. The maximum absolute atomic E-state index is 11.5. The van der Waals surface area contributed by atoms with Crippen LogP contribution in [-0.2, 0) is 6.42 Å². The number of rotatable bonds is 4. The maximum Gasteiger partial charge on any atom is 0.263 e. The zero-order valence-corrected chi connectivity index (χ0v) is 9.10. The SMILES string of the molecule is CCc1ncsc1C(=O)NCC(C)O. The van der Waals surface area contributed by atoms with Crippen molar-refractivity contribution < 1.29 is 9.90 Å². The van der Waals surface area contributed by atoms with E-state index in [0.717, 1.165) is 12.1 Å². The minimum atomic E-state index is -0.517. The highest BCUT2D eigenvalue weighted by Gasteiger charge is 2.13. The number of aryl methyl sites for hydroxylation is 1. The van der Waals surface area contributed by atoms with Crippen molar-refractivity contribution >= 4 is 17.2 Å². The molecule has 0 aromatic carbocycles. The molecule has 0 radical (unpaired) electrons. The standard InChI is InChI=1S/C9H14N2O2S/c1-3-7-8(14-5-11-7)9(13)10-4-6(2)12/h5-6,12H,3-4H2,1-2H3,(H,10,13). The van der Waals surface area contributed by atoms with E-state index in [2.05, 4.69) is 10.3 Å². The molecule has 14 heavy (non-hydrogen) atoms. The lowest BCUT2D eigenvalue weighted by Gasteiger charge is -2.05. The summed E-state index contributed by atoms with van der Waals surface area (Å²) in [6.07, 6.45) is 0.234. The molecule has 0 saturated carbocycles. The molecule has 1 unspecified atom stereocenters. The maximum atomic E-state index is 11.5. The molecular weight excluding hydrogens is 200 g/mol. The summed E-state index contributed by atoms with van der Waals surface area (Å²) in [5, 5.41) is 11.6. The first kappa shape index (κ1) is 11.1. The summed E-state index contributed by atoms with van der Waals surface area (Å²) in [7, 11) is 0. The van der Waals surface area contributed by atoms with Crippen LogP contribution in [0.15, 0.2) is 5.51 Å². The minimum Gasteiger partial charge on any atom is -0.392 e. The van der Waals surface area contributed by atoms with Crippen LogP contribution in [-0.4, -0.2) is 28.6 Å². The fourth-order valence-electron chi connectivity index (χ4n) is 1.03. The number of thiazole rings is 1. The van der Waals surface area contributed by atoms with Crippen molar-refractivity contribution in [2.75, 3.05) is 6.54 Å². The van der Waals surface area contributed by atoms with Crippen LogP contribution < -0.4 is 5.32 Å². The molecule has 0 saturated heterocycles. The minimum absolute atomic E-state index is 0.148. The van der Waals surface area contributed by atoms with Crippen molar-refractivity contribution in [3.05, 3.63) is 16.1 Å². The lowest BCUT2D eigenvalue weighted by Crippen LogP contribution is -2.30. The van der Waals surface area contributed by atoms with Crippen LogP contribution in [0.2, 0.25) is 0 Å². The van der Waals surface area contributed by atoms with Crippen molar-refractivity contribution in [2.24, 2.45) is 0 Å². The molecule has 1 amide bonds. The van der Waals surface area contributed by atoms with Crippen LogP contribution in [0.4, 0.5) is 0 Å². The highest BCUT2D eigenvalue weighted by Crippen LogP contribution is 2.13. The van der Waals surface area contributed by atoms with E-state index < -0.39 is 6.10 Å². The molecule has 2 N–H and O–H groups in total. The summed E-state index contributed by atoms with van der Waals surface area (Å²) in [5.74, 6) is -0.148. The third kappa shape index (κ3) is 2.78. The van der Waals surface area contributed by atoms with Crippen molar-refractivity contribution in [1.82, 2.24) is 10.3 Å². The van der Waals surface area contributed by atoms with Crippen LogP contribution in [0.25, 0.3) is 0 Å². The number of aliphatic hydroxyl groups excluding tert-OH is 1. The molecule has 0 aliphatic carbocycles. The Balaban J connectivity index is 2.60. The molecular formula is C9H14N2O2S. The molecule has 1 aromatic heterocycles. The molecule has 4 nitrogen and oxygen atoms in total. The van der Waals surface area contributed by atoms with E-state index in [0.29, 0.717) is 4.88 Å². The molecule has 0 fully saturated rings. The second kappa shape index (κ2) is 5.07. The van der Waals surface area contributed by atoms with Crippen LogP contribution in [0.1, 0.15) is 29.2 Å². The Morgan fingerprint density at radius 1 is 1.79 bits per heavy atom. The van der Waals surface area contributed by atoms with Gasteiger partial charge in [0, 0.05) is 6.54 Å². The Morgan fingerprint density at radius 2 is 2.50 bits per heavy atom. The van der Waals surface area contributed by atoms with E-state index in [-0.39, 0.29) is 12.5 Å². The number of aliphatic hydroxyl groups is 1. The molecule has 78 valence electrons. The second-order valence-electron chi connectivity index (χ2n) is 3.04. The third-order valence-electron chi connectivity index (χ3n) is 1.74. The van der Waals surface area contributed by atoms with Gasteiger partial charge in [0.1, 0.15) is 4.88 Å². The molecule has 0 aliphatic heterocycles. The van der Waals surface area contributed by atoms with Gasteiger partial charge < -0.3 is 10.4 Å². The average Bonchev–Trinajstić information content (AvgIpc) is 2.61. The number of amides is 1. The number of aromatic nitrogens is 1. The predicted octanol–water partition coefficient (Wildman–Crippen LogP) is 0.816. The summed E-state index contributed by atoms with van der Waals surface area (Å²) >= 11 is 1.33. The van der Waals surface area contributed by atoms with E-state index >= 15 is 0 Å². The van der Waals surface area contributed by atoms with E-state index in [1.165, 1.54) is 11.3 Å². The van der Waals surface area contributed by atoms with Gasteiger partial charge in [0.2, 0.25) is 0 Å². The van der Waals surface area contributed by atoms with Gasteiger partial charge in [-0.05, 0) is 13.3 Å². The van der Waals surface area contributed by atoms with Crippen LogP contribution in [0.3, 0.4) is 0 Å².